The molecule has 1 aromatic carbocycles. The maximum Gasteiger partial charge on any atom is 0.161 e. The van der Waals surface area contributed by atoms with E-state index in [2.05, 4.69) is 34.3 Å². The molecule has 7 heteroatoms. The molecule has 0 radical (unpaired) electrons. The van der Waals surface area contributed by atoms with Crippen LogP contribution in [0.5, 0.6) is 11.5 Å². The fourth-order valence-corrected chi connectivity index (χ4v) is 3.58. The Morgan fingerprint density at radius 2 is 2.07 bits per heavy atom. The summed E-state index contributed by atoms with van der Waals surface area (Å²) in [5.41, 5.74) is 4.93. The number of H-pyrrole nitrogens is 1. The van der Waals surface area contributed by atoms with E-state index in [1.165, 1.54) is 17.7 Å². The van der Waals surface area contributed by atoms with Gasteiger partial charge in [-0.1, -0.05) is 6.07 Å². The first-order chi connectivity index (χ1) is 14.0. The molecule has 1 aliphatic carbocycles. The van der Waals surface area contributed by atoms with Crippen LogP contribution in [-0.4, -0.2) is 59.7 Å². The van der Waals surface area contributed by atoms with Crippen LogP contribution in [0.4, 0.5) is 0 Å². The Morgan fingerprint density at radius 1 is 1.24 bits per heavy atom. The Kier molecular flexibility index (Phi) is 7.52. The zero-order valence-electron chi connectivity index (χ0n) is 18.0. The number of rotatable bonds is 11. The summed E-state index contributed by atoms with van der Waals surface area (Å²) in [6, 6.07) is 6.28. The Morgan fingerprint density at radius 3 is 2.83 bits per heavy atom. The van der Waals surface area contributed by atoms with Crippen molar-refractivity contribution in [3.05, 3.63) is 40.7 Å². The van der Waals surface area contributed by atoms with E-state index in [1.807, 2.05) is 25.2 Å². The highest BCUT2D eigenvalue weighted by molar-refractivity contribution is 5.43. The number of aromatic nitrogens is 2. The standard InChI is InChI=1S/C22H34N4O3/c1-15(2)26(3)13-17(27)14-29-21-9-8-16(10-22(21)28-4)11-23-12-20-18-6-5-7-19(18)24-25-20/h8-10,15,17,23,27H,5-7,11-14H2,1-4H3,(H,24,25). The average Bonchev–Trinajstić information content (AvgIpc) is 3.31. The first-order valence-corrected chi connectivity index (χ1v) is 10.4. The van der Waals surface area contributed by atoms with Crippen LogP contribution in [0, 0.1) is 0 Å². The number of aryl methyl sites for hydroxylation is 1. The van der Waals surface area contributed by atoms with Gasteiger partial charge in [-0.25, -0.2) is 0 Å². The minimum Gasteiger partial charge on any atom is -0.493 e. The van der Waals surface area contributed by atoms with Crippen molar-refractivity contribution in [2.24, 2.45) is 0 Å². The summed E-state index contributed by atoms with van der Waals surface area (Å²) in [5.74, 6) is 1.32. The molecule has 3 N–H and O–H groups in total. The van der Waals surface area contributed by atoms with E-state index in [9.17, 15) is 5.11 Å². The molecular formula is C22H34N4O3. The van der Waals surface area contributed by atoms with Gasteiger partial charge in [0.1, 0.15) is 12.7 Å². The predicted octanol–water partition coefficient (Wildman–Crippen LogP) is 2.28. The van der Waals surface area contributed by atoms with Gasteiger partial charge in [0.2, 0.25) is 0 Å². The van der Waals surface area contributed by atoms with Crippen molar-refractivity contribution in [1.29, 1.82) is 0 Å². The highest BCUT2D eigenvalue weighted by Gasteiger charge is 2.18. The van der Waals surface area contributed by atoms with Crippen LogP contribution in [0.2, 0.25) is 0 Å². The topological polar surface area (TPSA) is 82.6 Å². The lowest BCUT2D eigenvalue weighted by atomic mass is 10.1. The minimum atomic E-state index is -0.552. The van der Waals surface area contributed by atoms with Crippen LogP contribution < -0.4 is 14.8 Å². The lowest BCUT2D eigenvalue weighted by Gasteiger charge is -2.24. The maximum atomic E-state index is 10.2. The third kappa shape index (κ3) is 5.72. The van der Waals surface area contributed by atoms with Gasteiger partial charge in [-0.2, -0.15) is 5.10 Å². The molecule has 2 aromatic rings. The summed E-state index contributed by atoms with van der Waals surface area (Å²) in [5, 5.41) is 21.2. The molecule has 0 saturated heterocycles. The van der Waals surface area contributed by atoms with Gasteiger partial charge < -0.3 is 24.8 Å². The van der Waals surface area contributed by atoms with Crippen LogP contribution in [0.15, 0.2) is 18.2 Å². The van der Waals surface area contributed by atoms with Crippen LogP contribution in [0.3, 0.4) is 0 Å². The number of fused-ring (bicyclic) bond motifs is 1. The largest absolute Gasteiger partial charge is 0.493 e. The number of likely N-dealkylation sites (N-methyl/N-ethyl adjacent to an activating group) is 1. The number of nitrogens with one attached hydrogen (secondary N) is 2. The third-order valence-electron chi connectivity index (χ3n) is 5.55. The molecule has 0 saturated carbocycles. The summed E-state index contributed by atoms with van der Waals surface area (Å²) < 4.78 is 11.3. The second-order valence-corrected chi connectivity index (χ2v) is 8.07. The number of aliphatic hydroxyl groups excluding tert-OH is 1. The quantitative estimate of drug-likeness (QED) is 0.535. The molecule has 0 spiro atoms. The zero-order chi connectivity index (χ0) is 20.8. The molecule has 1 heterocycles. The zero-order valence-corrected chi connectivity index (χ0v) is 18.0. The molecule has 1 atom stereocenters. The van der Waals surface area contributed by atoms with E-state index in [-0.39, 0.29) is 6.61 Å². The summed E-state index contributed by atoms with van der Waals surface area (Å²) in [4.78, 5) is 2.09. The van der Waals surface area contributed by atoms with Gasteiger partial charge in [-0.15, -0.1) is 0 Å². The average molecular weight is 403 g/mol. The molecule has 0 aliphatic heterocycles. The lowest BCUT2D eigenvalue weighted by Crippen LogP contribution is -2.36. The number of ether oxygens (including phenoxy) is 2. The van der Waals surface area contributed by atoms with Gasteiger partial charge in [-0.3, -0.25) is 5.10 Å². The number of benzene rings is 1. The number of hydrogen-bond donors (Lipinski definition) is 3. The Balaban J connectivity index is 1.50. The van der Waals surface area contributed by atoms with E-state index in [1.54, 1.807) is 7.11 Å². The summed E-state index contributed by atoms with van der Waals surface area (Å²) in [7, 11) is 3.63. The molecular weight excluding hydrogens is 368 g/mol. The molecule has 29 heavy (non-hydrogen) atoms. The number of methoxy groups -OCH3 is 1. The molecule has 1 aromatic heterocycles. The molecule has 1 aliphatic rings. The molecule has 160 valence electrons. The molecule has 1 unspecified atom stereocenters. The fourth-order valence-electron chi connectivity index (χ4n) is 3.58. The van der Waals surface area contributed by atoms with Crippen LogP contribution in [-0.2, 0) is 25.9 Å². The van der Waals surface area contributed by atoms with E-state index in [0.29, 0.717) is 24.1 Å². The Bertz CT molecular complexity index is 790. The van der Waals surface area contributed by atoms with Crippen molar-refractivity contribution >= 4 is 0 Å². The van der Waals surface area contributed by atoms with Gasteiger partial charge in [-0.05, 0) is 63.4 Å². The molecule has 0 bridgehead atoms. The normalized spacial score (nSPS) is 14.4. The second-order valence-electron chi connectivity index (χ2n) is 8.07. The second kappa shape index (κ2) is 10.1. The molecule has 0 fully saturated rings. The van der Waals surface area contributed by atoms with E-state index in [4.69, 9.17) is 9.47 Å². The first-order valence-electron chi connectivity index (χ1n) is 10.4. The van der Waals surface area contributed by atoms with Crippen LogP contribution in [0.25, 0.3) is 0 Å². The van der Waals surface area contributed by atoms with Crippen molar-refractivity contribution in [3.8, 4) is 11.5 Å². The fraction of sp³-hybridized carbons (Fsp3) is 0.591. The van der Waals surface area contributed by atoms with Gasteiger partial charge in [0.15, 0.2) is 11.5 Å². The molecule has 0 amide bonds. The van der Waals surface area contributed by atoms with E-state index in [0.717, 1.165) is 37.2 Å². The maximum absolute atomic E-state index is 10.2. The van der Waals surface area contributed by atoms with Crippen LogP contribution >= 0.6 is 0 Å². The van der Waals surface area contributed by atoms with Crippen molar-refractivity contribution in [1.82, 2.24) is 20.4 Å². The van der Waals surface area contributed by atoms with Crippen molar-refractivity contribution in [3.63, 3.8) is 0 Å². The predicted molar refractivity (Wildman–Crippen MR) is 113 cm³/mol. The van der Waals surface area contributed by atoms with Gasteiger partial charge in [0, 0.05) is 31.4 Å². The van der Waals surface area contributed by atoms with Crippen molar-refractivity contribution in [2.45, 2.75) is 58.3 Å². The van der Waals surface area contributed by atoms with Gasteiger partial charge in [0.25, 0.3) is 0 Å². The number of aliphatic hydroxyl groups is 1. The van der Waals surface area contributed by atoms with Crippen LogP contribution in [0.1, 0.15) is 42.8 Å². The Labute approximate surface area is 173 Å². The van der Waals surface area contributed by atoms with Crippen molar-refractivity contribution in [2.75, 3.05) is 27.3 Å². The molecule has 3 rings (SSSR count). The summed E-state index contributed by atoms with van der Waals surface area (Å²) in [6.45, 7) is 6.47. The summed E-state index contributed by atoms with van der Waals surface area (Å²) >= 11 is 0. The number of nitrogens with zero attached hydrogens (tertiary/aromatic N) is 2. The number of aromatic amines is 1. The molecule has 7 nitrogen and oxygen atoms in total. The summed E-state index contributed by atoms with van der Waals surface area (Å²) in [6.07, 6.45) is 2.91. The third-order valence-corrected chi connectivity index (χ3v) is 5.55. The lowest BCUT2D eigenvalue weighted by molar-refractivity contribution is 0.0668. The smallest absolute Gasteiger partial charge is 0.161 e. The van der Waals surface area contributed by atoms with Crippen molar-refractivity contribution < 1.29 is 14.6 Å². The van der Waals surface area contributed by atoms with Gasteiger partial charge >= 0.3 is 0 Å². The Hall–Kier alpha value is -2.09. The first kappa shape index (κ1) is 21.6. The van der Waals surface area contributed by atoms with Gasteiger partial charge in [0.05, 0.1) is 12.8 Å². The monoisotopic (exact) mass is 402 g/mol. The highest BCUT2D eigenvalue weighted by atomic mass is 16.5. The highest BCUT2D eigenvalue weighted by Crippen LogP contribution is 2.28. The van der Waals surface area contributed by atoms with E-state index < -0.39 is 6.10 Å². The minimum absolute atomic E-state index is 0.231. The van der Waals surface area contributed by atoms with E-state index >= 15 is 0 Å². The SMILES string of the molecule is COc1cc(CNCc2n[nH]c3c2CCC3)ccc1OCC(O)CN(C)C(C)C. The number of hydrogen-bond acceptors (Lipinski definition) is 6.